The number of fused-ring (bicyclic) bond motifs is 1. The first-order valence-electron chi connectivity index (χ1n) is 6.64. The minimum atomic E-state index is -1.66. The van der Waals surface area contributed by atoms with E-state index < -0.39 is 22.7 Å². The van der Waals surface area contributed by atoms with Gasteiger partial charge in [0.05, 0.1) is 12.1 Å². The summed E-state index contributed by atoms with van der Waals surface area (Å²) in [6, 6.07) is 9.17. The Balaban J connectivity index is 2.28. The molecular weight excluding hydrogens is 339 g/mol. The Labute approximate surface area is 143 Å². The monoisotopic (exact) mass is 350 g/mol. The van der Waals surface area contributed by atoms with Crippen molar-refractivity contribution >= 4 is 29.0 Å². The van der Waals surface area contributed by atoms with Gasteiger partial charge in [-0.15, -0.1) is 0 Å². The highest BCUT2D eigenvalue weighted by molar-refractivity contribution is 6.35. The molecule has 0 unspecified atom stereocenters. The lowest BCUT2D eigenvalue weighted by molar-refractivity contribution is -0.230. The number of nitriles is 2. The van der Waals surface area contributed by atoms with E-state index >= 15 is 0 Å². The fourth-order valence-electron chi connectivity index (χ4n) is 3.72. The first-order valence-corrected chi connectivity index (χ1v) is 7.40. The van der Waals surface area contributed by atoms with Gasteiger partial charge in [-0.2, -0.15) is 10.5 Å². The number of rotatable bonds is 3. The molecule has 2 aliphatic rings. The van der Waals surface area contributed by atoms with Gasteiger partial charge < -0.3 is 15.2 Å². The predicted molar refractivity (Wildman–Crippen MR) is 83.7 cm³/mol. The maximum absolute atomic E-state index is 9.90. The van der Waals surface area contributed by atoms with Gasteiger partial charge in [-0.3, -0.25) is 0 Å². The zero-order valence-electron chi connectivity index (χ0n) is 12.3. The molecule has 118 valence electrons. The number of nitrogens with two attached hydrogens (primary N) is 1. The van der Waals surface area contributed by atoms with Crippen LogP contribution in [0.4, 0.5) is 0 Å². The maximum Gasteiger partial charge on any atom is 0.292 e. The first-order chi connectivity index (χ1) is 10.9. The molecule has 0 saturated heterocycles. The number of hydrogen-bond acceptors (Lipinski definition) is 6. The van der Waals surface area contributed by atoms with Crippen LogP contribution in [0.25, 0.3) is 0 Å². The molecule has 1 heterocycles. The molecule has 6 nitrogen and oxygen atoms in total. The number of benzene rings is 1. The molecule has 3 rings (SSSR count). The summed E-state index contributed by atoms with van der Waals surface area (Å²) in [4.78, 5) is 4.13. The summed E-state index contributed by atoms with van der Waals surface area (Å²) in [6.07, 6.45) is 0. The minimum absolute atomic E-state index is 0.00117. The van der Waals surface area contributed by atoms with Crippen LogP contribution in [0.2, 0.25) is 10.0 Å². The van der Waals surface area contributed by atoms with E-state index in [1.165, 1.54) is 14.2 Å². The molecule has 0 bridgehead atoms. The second kappa shape index (κ2) is 4.83. The Morgan fingerprint density at radius 3 is 2.35 bits per heavy atom. The molecule has 8 heteroatoms. The van der Waals surface area contributed by atoms with E-state index in [0.29, 0.717) is 15.6 Å². The summed E-state index contributed by atoms with van der Waals surface area (Å²) < 4.78 is 10.8. The van der Waals surface area contributed by atoms with Crippen molar-refractivity contribution in [3.8, 4) is 12.1 Å². The lowest BCUT2D eigenvalue weighted by atomic mass is 9.93. The molecule has 1 aromatic carbocycles. The average Bonchev–Trinajstić information content (AvgIpc) is 3.10. The van der Waals surface area contributed by atoms with E-state index in [1.807, 2.05) is 0 Å². The van der Waals surface area contributed by atoms with Crippen LogP contribution in [-0.2, 0) is 9.47 Å². The lowest BCUT2D eigenvalue weighted by Crippen LogP contribution is -2.41. The van der Waals surface area contributed by atoms with Gasteiger partial charge in [0.15, 0.2) is 5.41 Å². The highest BCUT2D eigenvalue weighted by atomic mass is 35.5. The number of nitrogens with zero attached hydrogens (tertiary/aromatic N) is 3. The van der Waals surface area contributed by atoms with Crippen LogP contribution in [0, 0.1) is 33.5 Å². The van der Waals surface area contributed by atoms with Crippen molar-refractivity contribution in [3.63, 3.8) is 0 Å². The van der Waals surface area contributed by atoms with Crippen molar-refractivity contribution in [3.05, 3.63) is 33.8 Å². The quantitative estimate of drug-likeness (QED) is 0.842. The van der Waals surface area contributed by atoms with Gasteiger partial charge >= 0.3 is 0 Å². The molecule has 0 radical (unpaired) electrons. The molecule has 2 N–H and O–H groups in total. The molecule has 1 fully saturated rings. The van der Waals surface area contributed by atoms with Crippen LogP contribution >= 0.6 is 23.2 Å². The van der Waals surface area contributed by atoms with E-state index in [0.717, 1.165) is 0 Å². The van der Waals surface area contributed by atoms with Crippen LogP contribution in [0.3, 0.4) is 0 Å². The second-order valence-electron chi connectivity index (χ2n) is 5.43. The van der Waals surface area contributed by atoms with Gasteiger partial charge in [-0.1, -0.05) is 29.3 Å². The molecule has 3 atom stereocenters. The van der Waals surface area contributed by atoms with Gasteiger partial charge in [0.25, 0.3) is 5.91 Å². The zero-order chi connectivity index (χ0) is 17.0. The molecule has 1 aliphatic heterocycles. The SMILES string of the molecule is COC1(OC)N=C(N)[C@]2(C#N)[C@@H](c3ccc(Cl)cc3Cl)[C@]12C#N. The Hall–Kier alpha value is -1.83. The molecule has 0 amide bonds. The third-order valence-corrected chi connectivity index (χ3v) is 5.32. The van der Waals surface area contributed by atoms with Crippen molar-refractivity contribution in [2.45, 2.75) is 11.8 Å². The molecule has 0 spiro atoms. The predicted octanol–water partition coefficient (Wildman–Crippen LogP) is 2.43. The summed E-state index contributed by atoms with van der Waals surface area (Å²) >= 11 is 12.2. The Morgan fingerprint density at radius 1 is 1.22 bits per heavy atom. The molecule has 0 aromatic heterocycles. The Kier molecular flexibility index (Phi) is 3.37. The largest absolute Gasteiger partial charge is 0.386 e. The van der Waals surface area contributed by atoms with E-state index in [9.17, 15) is 10.5 Å². The highest BCUT2D eigenvalue weighted by Crippen LogP contribution is 2.82. The third-order valence-electron chi connectivity index (χ3n) is 4.75. The number of ether oxygens (including phenoxy) is 2. The van der Waals surface area contributed by atoms with Crippen LogP contribution < -0.4 is 5.73 Å². The first kappa shape index (κ1) is 16.0. The minimum Gasteiger partial charge on any atom is -0.386 e. The molecule has 23 heavy (non-hydrogen) atoms. The van der Waals surface area contributed by atoms with E-state index in [-0.39, 0.29) is 5.84 Å². The summed E-state index contributed by atoms with van der Waals surface area (Å²) in [5.74, 6) is -2.29. The van der Waals surface area contributed by atoms with Crippen molar-refractivity contribution in [1.29, 1.82) is 10.5 Å². The standard InChI is InChI=1S/C15H12Cl2N4O2/c1-22-15(23-2)14(7-19)11(13(14,6-18)12(20)21-15)9-4-3-8(16)5-10(9)17/h3-5,11H,1-2H3,(H2,20,21)/t11-,13+,14+/m1/s1. The van der Waals surface area contributed by atoms with Gasteiger partial charge in [-0.05, 0) is 17.7 Å². The van der Waals surface area contributed by atoms with Gasteiger partial charge in [0, 0.05) is 30.2 Å². The van der Waals surface area contributed by atoms with Crippen molar-refractivity contribution in [2.24, 2.45) is 21.6 Å². The third kappa shape index (κ3) is 1.52. The maximum atomic E-state index is 9.90. The molecule has 1 aromatic rings. The van der Waals surface area contributed by atoms with Crippen molar-refractivity contribution < 1.29 is 9.47 Å². The highest BCUT2D eigenvalue weighted by Gasteiger charge is 2.93. The molecule has 1 aliphatic carbocycles. The topological polar surface area (TPSA) is 104 Å². The number of amidine groups is 1. The van der Waals surface area contributed by atoms with Gasteiger partial charge in [0.1, 0.15) is 11.3 Å². The second-order valence-corrected chi connectivity index (χ2v) is 6.27. The number of aliphatic imine (C=N–C) groups is 1. The van der Waals surface area contributed by atoms with Crippen molar-refractivity contribution in [1.82, 2.24) is 0 Å². The number of halogens is 2. The Morgan fingerprint density at radius 2 is 1.87 bits per heavy atom. The fourth-order valence-corrected chi connectivity index (χ4v) is 4.24. The summed E-state index contributed by atoms with van der Waals surface area (Å²) in [5.41, 5.74) is 3.81. The number of hydrogen-bond donors (Lipinski definition) is 1. The van der Waals surface area contributed by atoms with E-state index in [1.54, 1.807) is 18.2 Å². The van der Waals surface area contributed by atoms with Crippen LogP contribution in [0.5, 0.6) is 0 Å². The summed E-state index contributed by atoms with van der Waals surface area (Å²) in [6.45, 7) is 0. The van der Waals surface area contributed by atoms with Gasteiger partial charge in [-0.25, -0.2) is 4.99 Å². The fraction of sp³-hybridized carbons (Fsp3) is 0.400. The van der Waals surface area contributed by atoms with Crippen LogP contribution in [-0.4, -0.2) is 26.0 Å². The van der Waals surface area contributed by atoms with E-state index in [4.69, 9.17) is 38.4 Å². The smallest absolute Gasteiger partial charge is 0.292 e. The van der Waals surface area contributed by atoms with Crippen LogP contribution in [0.1, 0.15) is 11.5 Å². The number of methoxy groups -OCH3 is 2. The van der Waals surface area contributed by atoms with Gasteiger partial charge in [0.2, 0.25) is 0 Å². The normalized spacial score (nSPS) is 33.3. The van der Waals surface area contributed by atoms with Crippen molar-refractivity contribution in [2.75, 3.05) is 14.2 Å². The molecule has 1 saturated carbocycles. The summed E-state index contributed by atoms with van der Waals surface area (Å²) in [7, 11) is 2.71. The zero-order valence-corrected chi connectivity index (χ0v) is 13.8. The Bertz CT molecular complexity index is 809. The van der Waals surface area contributed by atoms with E-state index in [2.05, 4.69) is 17.1 Å². The summed E-state index contributed by atoms with van der Waals surface area (Å²) in [5, 5.41) is 20.5. The lowest BCUT2D eigenvalue weighted by Gasteiger charge is -2.29. The van der Waals surface area contributed by atoms with Crippen LogP contribution in [0.15, 0.2) is 23.2 Å². The molecular formula is C15H12Cl2N4O2. The average molecular weight is 351 g/mol.